The lowest BCUT2D eigenvalue weighted by atomic mass is 10.1. The minimum Gasteiger partial charge on any atom is -0.376 e. The van der Waals surface area contributed by atoms with Gasteiger partial charge in [0.15, 0.2) is 0 Å². The molecule has 1 aromatic carbocycles. The average Bonchev–Trinajstić information content (AvgIpc) is 3.04. The lowest BCUT2D eigenvalue weighted by Gasteiger charge is -2.19. The number of likely N-dealkylation sites (tertiary alicyclic amines) is 1. The minimum atomic E-state index is -0.331. The molecule has 0 spiro atoms. The van der Waals surface area contributed by atoms with Crippen molar-refractivity contribution in [2.24, 2.45) is 17.6 Å². The predicted octanol–water partition coefficient (Wildman–Crippen LogP) is 1.36. The Bertz CT molecular complexity index is 521. The number of amides is 3. The lowest BCUT2D eigenvalue weighted by Crippen LogP contribution is -2.41. The third-order valence-corrected chi connectivity index (χ3v) is 3.99. The lowest BCUT2D eigenvalue weighted by molar-refractivity contribution is -0.121. The van der Waals surface area contributed by atoms with Crippen LogP contribution in [0.25, 0.3) is 0 Å². The maximum Gasteiger partial charge on any atom is 0.317 e. The summed E-state index contributed by atoms with van der Waals surface area (Å²) < 4.78 is 5.66. The molecule has 0 saturated carbocycles. The van der Waals surface area contributed by atoms with Gasteiger partial charge in [-0.2, -0.15) is 0 Å². The number of urea groups is 1. The van der Waals surface area contributed by atoms with Crippen LogP contribution in [0.3, 0.4) is 0 Å². The fourth-order valence-corrected chi connectivity index (χ4v) is 2.56. The maximum atomic E-state index is 12.0. The topological polar surface area (TPSA) is 84.7 Å². The first kappa shape index (κ1) is 17.3. The number of primary amides is 1. The van der Waals surface area contributed by atoms with E-state index in [0.29, 0.717) is 39.3 Å². The van der Waals surface area contributed by atoms with E-state index in [9.17, 15) is 9.59 Å². The highest BCUT2D eigenvalue weighted by molar-refractivity contribution is 5.80. The Morgan fingerprint density at radius 3 is 2.78 bits per heavy atom. The molecule has 3 amide bonds. The Morgan fingerprint density at radius 2 is 2.13 bits per heavy atom. The van der Waals surface area contributed by atoms with Crippen molar-refractivity contribution in [3.63, 3.8) is 0 Å². The smallest absolute Gasteiger partial charge is 0.317 e. The molecule has 23 heavy (non-hydrogen) atoms. The Kier molecular flexibility index (Phi) is 6.40. The van der Waals surface area contributed by atoms with Crippen LogP contribution >= 0.6 is 0 Å². The molecule has 126 valence electrons. The second-order valence-electron chi connectivity index (χ2n) is 6.13. The van der Waals surface area contributed by atoms with Gasteiger partial charge in [-0.25, -0.2) is 4.79 Å². The number of carbonyl (C=O) groups is 2. The standard InChI is InChI=1S/C17H25N3O3/c1-13(11-23-12-14-5-3-2-4-6-14)9-19-17(22)20-8-7-15(10-20)16(18)21/h2-6,13,15H,7-12H2,1H3,(H2,18,21)(H,19,22)/t13-,15+/m0/s1. The summed E-state index contributed by atoms with van der Waals surface area (Å²) in [5, 5.41) is 2.89. The molecule has 2 rings (SSSR count). The number of nitrogens with two attached hydrogens (primary N) is 1. The number of rotatable bonds is 7. The molecule has 1 aromatic rings. The van der Waals surface area contributed by atoms with Crippen molar-refractivity contribution in [3.05, 3.63) is 35.9 Å². The van der Waals surface area contributed by atoms with Crippen LogP contribution in [0.4, 0.5) is 4.79 Å². The number of nitrogens with one attached hydrogen (secondary N) is 1. The SMILES string of the molecule is C[C@@H](CNC(=O)N1CC[C@@H](C(N)=O)C1)COCc1ccccc1. The summed E-state index contributed by atoms with van der Waals surface area (Å²) >= 11 is 0. The summed E-state index contributed by atoms with van der Waals surface area (Å²) in [7, 11) is 0. The fraction of sp³-hybridized carbons (Fsp3) is 0.529. The van der Waals surface area contributed by atoms with Crippen LogP contribution in [-0.2, 0) is 16.1 Å². The molecule has 0 aromatic heterocycles. The Morgan fingerprint density at radius 1 is 1.39 bits per heavy atom. The van der Waals surface area contributed by atoms with Gasteiger partial charge >= 0.3 is 6.03 Å². The number of nitrogens with zero attached hydrogens (tertiary/aromatic N) is 1. The van der Waals surface area contributed by atoms with Gasteiger partial charge in [0, 0.05) is 19.6 Å². The molecule has 1 aliphatic heterocycles. The molecule has 1 aliphatic rings. The van der Waals surface area contributed by atoms with Gasteiger partial charge in [-0.1, -0.05) is 37.3 Å². The third kappa shape index (κ3) is 5.56. The van der Waals surface area contributed by atoms with E-state index in [1.165, 1.54) is 0 Å². The molecule has 0 aliphatic carbocycles. The van der Waals surface area contributed by atoms with Gasteiger partial charge in [0.05, 0.1) is 19.1 Å². The summed E-state index contributed by atoms with van der Waals surface area (Å²) in [5.74, 6) is -0.326. The summed E-state index contributed by atoms with van der Waals surface area (Å²) in [6.07, 6.45) is 0.651. The Labute approximate surface area is 137 Å². The van der Waals surface area contributed by atoms with Crippen molar-refractivity contribution in [2.75, 3.05) is 26.2 Å². The van der Waals surface area contributed by atoms with Crippen molar-refractivity contribution >= 4 is 11.9 Å². The van der Waals surface area contributed by atoms with Crippen LogP contribution in [0.2, 0.25) is 0 Å². The highest BCUT2D eigenvalue weighted by Crippen LogP contribution is 2.15. The first-order chi connectivity index (χ1) is 11.1. The first-order valence-electron chi connectivity index (χ1n) is 8.00. The van der Waals surface area contributed by atoms with Crippen LogP contribution in [0.15, 0.2) is 30.3 Å². The van der Waals surface area contributed by atoms with E-state index in [-0.39, 0.29) is 23.8 Å². The number of hydrogen-bond acceptors (Lipinski definition) is 3. The highest BCUT2D eigenvalue weighted by Gasteiger charge is 2.29. The quantitative estimate of drug-likeness (QED) is 0.796. The van der Waals surface area contributed by atoms with Gasteiger partial charge in [-0.3, -0.25) is 4.79 Å². The van der Waals surface area contributed by atoms with Gasteiger partial charge in [-0.05, 0) is 17.9 Å². The van der Waals surface area contributed by atoms with Crippen LogP contribution in [0.1, 0.15) is 18.9 Å². The van der Waals surface area contributed by atoms with E-state index in [1.807, 2.05) is 37.3 Å². The van der Waals surface area contributed by atoms with Gasteiger partial charge in [-0.15, -0.1) is 0 Å². The molecular weight excluding hydrogens is 294 g/mol. The summed E-state index contributed by atoms with van der Waals surface area (Å²) in [4.78, 5) is 24.8. The second-order valence-corrected chi connectivity index (χ2v) is 6.13. The summed E-state index contributed by atoms with van der Waals surface area (Å²) in [6.45, 7) is 4.73. The minimum absolute atomic E-state index is 0.136. The molecule has 3 N–H and O–H groups in total. The van der Waals surface area contributed by atoms with Crippen LogP contribution in [0, 0.1) is 11.8 Å². The average molecular weight is 319 g/mol. The zero-order valence-corrected chi connectivity index (χ0v) is 13.5. The molecule has 1 heterocycles. The van der Waals surface area contributed by atoms with Crippen LogP contribution < -0.4 is 11.1 Å². The monoisotopic (exact) mass is 319 g/mol. The van der Waals surface area contributed by atoms with E-state index in [4.69, 9.17) is 10.5 Å². The normalized spacial score (nSPS) is 18.7. The van der Waals surface area contributed by atoms with E-state index in [2.05, 4.69) is 5.32 Å². The zero-order valence-electron chi connectivity index (χ0n) is 13.5. The largest absolute Gasteiger partial charge is 0.376 e. The fourth-order valence-electron chi connectivity index (χ4n) is 2.56. The molecule has 0 radical (unpaired) electrons. The zero-order chi connectivity index (χ0) is 16.7. The molecular formula is C17H25N3O3. The van der Waals surface area contributed by atoms with E-state index < -0.39 is 0 Å². The van der Waals surface area contributed by atoms with Gasteiger partial charge < -0.3 is 20.7 Å². The molecule has 1 fully saturated rings. The van der Waals surface area contributed by atoms with E-state index >= 15 is 0 Å². The maximum absolute atomic E-state index is 12.0. The van der Waals surface area contributed by atoms with Crippen molar-refractivity contribution in [3.8, 4) is 0 Å². The number of carbonyl (C=O) groups excluding carboxylic acids is 2. The van der Waals surface area contributed by atoms with Crippen molar-refractivity contribution in [2.45, 2.75) is 20.0 Å². The molecule has 1 saturated heterocycles. The summed E-state index contributed by atoms with van der Waals surface area (Å²) in [6, 6.07) is 9.85. The predicted molar refractivity (Wildman–Crippen MR) is 87.5 cm³/mol. The molecule has 6 heteroatoms. The number of hydrogen-bond donors (Lipinski definition) is 2. The number of ether oxygens (including phenoxy) is 1. The molecule has 2 atom stereocenters. The highest BCUT2D eigenvalue weighted by atomic mass is 16.5. The molecule has 0 unspecified atom stereocenters. The van der Waals surface area contributed by atoms with Crippen molar-refractivity contribution < 1.29 is 14.3 Å². The Hall–Kier alpha value is -2.08. The van der Waals surface area contributed by atoms with Crippen molar-refractivity contribution in [1.29, 1.82) is 0 Å². The summed E-state index contributed by atoms with van der Waals surface area (Å²) in [5.41, 5.74) is 6.41. The van der Waals surface area contributed by atoms with Gasteiger partial charge in [0.1, 0.15) is 0 Å². The first-order valence-corrected chi connectivity index (χ1v) is 8.00. The van der Waals surface area contributed by atoms with Gasteiger partial charge in [0.25, 0.3) is 0 Å². The van der Waals surface area contributed by atoms with Gasteiger partial charge in [0.2, 0.25) is 5.91 Å². The third-order valence-electron chi connectivity index (χ3n) is 3.99. The number of benzene rings is 1. The van der Waals surface area contributed by atoms with Crippen LogP contribution in [0.5, 0.6) is 0 Å². The van der Waals surface area contributed by atoms with Crippen molar-refractivity contribution in [1.82, 2.24) is 10.2 Å². The second kappa shape index (κ2) is 8.53. The molecule has 6 nitrogen and oxygen atoms in total. The van der Waals surface area contributed by atoms with E-state index in [0.717, 1.165) is 5.56 Å². The van der Waals surface area contributed by atoms with E-state index in [1.54, 1.807) is 4.90 Å². The molecule has 0 bridgehead atoms. The Balaban J connectivity index is 1.61. The van der Waals surface area contributed by atoms with Crippen LogP contribution in [-0.4, -0.2) is 43.1 Å².